The van der Waals surface area contributed by atoms with E-state index in [0.29, 0.717) is 16.8 Å². The van der Waals surface area contributed by atoms with E-state index in [0.717, 1.165) is 38.9 Å². The Balaban J connectivity index is 2.03. The average Bonchev–Trinajstić information content (AvgIpc) is 3.00. The molecule has 2 heterocycles. The number of rotatable bonds is 6. The Morgan fingerprint density at radius 1 is 1.48 bits per heavy atom. The van der Waals surface area contributed by atoms with Crippen LogP contribution in [0, 0.1) is 0 Å². The lowest BCUT2D eigenvalue weighted by atomic mass is 10.4. The van der Waals surface area contributed by atoms with Crippen molar-refractivity contribution < 1.29 is 4.79 Å². The van der Waals surface area contributed by atoms with E-state index in [-0.39, 0.29) is 12.5 Å². The average molecular weight is 312 g/mol. The first-order valence-corrected chi connectivity index (χ1v) is 7.75. The monoisotopic (exact) mass is 311 g/mol. The smallest absolute Gasteiger partial charge is 0.242 e. The van der Waals surface area contributed by atoms with Crippen LogP contribution in [0.1, 0.15) is 26.2 Å². The Morgan fingerprint density at radius 3 is 2.86 bits per heavy atom. The van der Waals surface area contributed by atoms with Crippen LogP contribution >= 0.6 is 11.6 Å². The highest BCUT2D eigenvalue weighted by Crippen LogP contribution is 2.23. The summed E-state index contributed by atoms with van der Waals surface area (Å²) in [7, 11) is 1.83. The van der Waals surface area contributed by atoms with E-state index in [9.17, 15) is 4.79 Å². The number of carbonyl (C=O) groups excluding carboxylic acids is 1. The summed E-state index contributed by atoms with van der Waals surface area (Å²) < 4.78 is 0. The topological polar surface area (TPSA) is 61.4 Å². The fraction of sp³-hybridized carbons (Fsp3) is 0.643. The van der Waals surface area contributed by atoms with Gasteiger partial charge in [-0.05, 0) is 19.3 Å². The lowest BCUT2D eigenvalue weighted by Gasteiger charge is -2.23. The summed E-state index contributed by atoms with van der Waals surface area (Å²) in [4.78, 5) is 24.4. The van der Waals surface area contributed by atoms with Crippen molar-refractivity contribution >= 4 is 29.3 Å². The predicted octanol–water partition coefficient (Wildman–Crippen LogP) is 2.01. The van der Waals surface area contributed by atoms with Gasteiger partial charge in [0.1, 0.15) is 5.02 Å². The standard InChI is InChI=1S/C14H22ClN5O/c1-3-6-16-14-17-9-11(15)13(18-14)19(2)10-12(21)20-7-4-5-8-20/h9H,3-8,10H2,1-2H3,(H,16,17,18). The van der Waals surface area contributed by atoms with Crippen molar-refractivity contribution in [1.82, 2.24) is 14.9 Å². The fourth-order valence-corrected chi connectivity index (χ4v) is 2.53. The molecule has 0 spiro atoms. The Kier molecular flexibility index (Phi) is 5.61. The number of anilines is 2. The molecule has 21 heavy (non-hydrogen) atoms. The van der Waals surface area contributed by atoms with Crippen molar-refractivity contribution in [1.29, 1.82) is 0 Å². The molecule has 1 amide bonds. The highest BCUT2D eigenvalue weighted by molar-refractivity contribution is 6.32. The van der Waals surface area contributed by atoms with E-state index in [1.165, 1.54) is 0 Å². The molecule has 1 aromatic rings. The van der Waals surface area contributed by atoms with Gasteiger partial charge in [-0.25, -0.2) is 4.98 Å². The van der Waals surface area contributed by atoms with Crippen LogP contribution in [0.5, 0.6) is 0 Å². The van der Waals surface area contributed by atoms with Crippen molar-refractivity contribution in [3.05, 3.63) is 11.2 Å². The lowest BCUT2D eigenvalue weighted by molar-refractivity contribution is -0.128. The molecule has 0 aliphatic carbocycles. The van der Waals surface area contributed by atoms with E-state index in [1.807, 2.05) is 11.9 Å². The molecule has 1 saturated heterocycles. The first-order chi connectivity index (χ1) is 10.1. The summed E-state index contributed by atoms with van der Waals surface area (Å²) in [6.07, 6.45) is 4.74. The third-order valence-electron chi connectivity index (χ3n) is 3.45. The molecule has 1 aliphatic heterocycles. The van der Waals surface area contributed by atoms with E-state index in [4.69, 9.17) is 11.6 Å². The van der Waals surface area contributed by atoms with Crippen LogP contribution < -0.4 is 10.2 Å². The number of hydrogen-bond acceptors (Lipinski definition) is 5. The number of nitrogens with one attached hydrogen (secondary N) is 1. The Bertz CT molecular complexity index is 490. The Labute approximate surface area is 130 Å². The number of hydrogen-bond donors (Lipinski definition) is 1. The van der Waals surface area contributed by atoms with Gasteiger partial charge < -0.3 is 15.1 Å². The molecule has 1 N–H and O–H groups in total. The third-order valence-corrected chi connectivity index (χ3v) is 3.72. The van der Waals surface area contributed by atoms with Crippen LogP contribution in [0.3, 0.4) is 0 Å². The molecule has 116 valence electrons. The molecule has 0 unspecified atom stereocenters. The minimum absolute atomic E-state index is 0.118. The molecule has 1 aliphatic rings. The molecule has 0 radical (unpaired) electrons. The maximum absolute atomic E-state index is 12.2. The van der Waals surface area contributed by atoms with Crippen LogP contribution in [0.2, 0.25) is 5.02 Å². The lowest BCUT2D eigenvalue weighted by Crippen LogP contribution is -2.37. The maximum atomic E-state index is 12.2. The van der Waals surface area contributed by atoms with Crippen molar-refractivity contribution in [3.63, 3.8) is 0 Å². The highest BCUT2D eigenvalue weighted by atomic mass is 35.5. The largest absolute Gasteiger partial charge is 0.354 e. The summed E-state index contributed by atoms with van der Waals surface area (Å²) >= 11 is 6.15. The molecular formula is C14H22ClN5O. The Morgan fingerprint density at radius 2 is 2.19 bits per heavy atom. The number of likely N-dealkylation sites (tertiary alicyclic amines) is 1. The van der Waals surface area contributed by atoms with E-state index in [2.05, 4.69) is 22.2 Å². The van der Waals surface area contributed by atoms with Crippen molar-refractivity contribution in [3.8, 4) is 0 Å². The van der Waals surface area contributed by atoms with Crippen LogP contribution in [-0.2, 0) is 4.79 Å². The van der Waals surface area contributed by atoms with Gasteiger partial charge in [0, 0.05) is 26.7 Å². The van der Waals surface area contributed by atoms with Gasteiger partial charge in [-0.15, -0.1) is 0 Å². The molecule has 0 bridgehead atoms. The molecule has 7 heteroatoms. The summed E-state index contributed by atoms with van der Waals surface area (Å²) in [5, 5.41) is 3.57. The zero-order valence-corrected chi connectivity index (χ0v) is 13.4. The number of likely N-dealkylation sites (N-methyl/N-ethyl adjacent to an activating group) is 1. The van der Waals surface area contributed by atoms with Crippen LogP contribution in [0.4, 0.5) is 11.8 Å². The molecule has 0 saturated carbocycles. The van der Waals surface area contributed by atoms with E-state index in [1.54, 1.807) is 11.1 Å². The minimum Gasteiger partial charge on any atom is -0.354 e. The van der Waals surface area contributed by atoms with Gasteiger partial charge in [0.2, 0.25) is 11.9 Å². The van der Waals surface area contributed by atoms with Crippen molar-refractivity contribution in [2.75, 3.05) is 43.4 Å². The minimum atomic E-state index is 0.118. The summed E-state index contributed by atoms with van der Waals surface area (Å²) in [5.41, 5.74) is 0. The first kappa shape index (κ1) is 15.8. The van der Waals surface area contributed by atoms with Crippen LogP contribution in [0.25, 0.3) is 0 Å². The molecule has 2 rings (SSSR count). The number of carbonyl (C=O) groups is 1. The van der Waals surface area contributed by atoms with Gasteiger partial charge >= 0.3 is 0 Å². The van der Waals surface area contributed by atoms with Crippen LogP contribution in [0.15, 0.2) is 6.20 Å². The van der Waals surface area contributed by atoms with E-state index < -0.39 is 0 Å². The predicted molar refractivity (Wildman–Crippen MR) is 84.9 cm³/mol. The van der Waals surface area contributed by atoms with E-state index >= 15 is 0 Å². The number of halogens is 1. The molecule has 1 fully saturated rings. The number of nitrogens with zero attached hydrogens (tertiary/aromatic N) is 4. The van der Waals surface area contributed by atoms with Gasteiger partial charge in [-0.2, -0.15) is 4.98 Å². The summed E-state index contributed by atoms with van der Waals surface area (Å²) in [6, 6.07) is 0. The van der Waals surface area contributed by atoms with Crippen molar-refractivity contribution in [2.45, 2.75) is 26.2 Å². The molecule has 1 aromatic heterocycles. The van der Waals surface area contributed by atoms with Gasteiger partial charge in [0.05, 0.1) is 12.7 Å². The second kappa shape index (κ2) is 7.45. The normalized spacial score (nSPS) is 14.3. The number of aromatic nitrogens is 2. The highest BCUT2D eigenvalue weighted by Gasteiger charge is 2.20. The first-order valence-electron chi connectivity index (χ1n) is 7.37. The SMILES string of the molecule is CCCNc1ncc(Cl)c(N(C)CC(=O)N2CCCC2)n1. The second-order valence-electron chi connectivity index (χ2n) is 5.24. The summed E-state index contributed by atoms with van der Waals surface area (Å²) in [5.74, 6) is 1.24. The Hall–Kier alpha value is -1.56. The van der Waals surface area contributed by atoms with Crippen LogP contribution in [-0.4, -0.2) is 54.0 Å². The summed E-state index contributed by atoms with van der Waals surface area (Å²) in [6.45, 7) is 4.87. The van der Waals surface area contributed by atoms with Gasteiger partial charge in [0.15, 0.2) is 5.82 Å². The molecule has 0 atom stereocenters. The maximum Gasteiger partial charge on any atom is 0.242 e. The third kappa shape index (κ3) is 4.20. The van der Waals surface area contributed by atoms with Gasteiger partial charge in [-0.3, -0.25) is 4.79 Å². The quantitative estimate of drug-likeness (QED) is 0.871. The fourth-order valence-electron chi connectivity index (χ4n) is 2.29. The molecule has 6 nitrogen and oxygen atoms in total. The molecule has 0 aromatic carbocycles. The van der Waals surface area contributed by atoms with Gasteiger partial charge in [-0.1, -0.05) is 18.5 Å². The zero-order valence-electron chi connectivity index (χ0n) is 12.6. The molecular weight excluding hydrogens is 290 g/mol. The van der Waals surface area contributed by atoms with Crippen molar-refractivity contribution in [2.24, 2.45) is 0 Å². The number of amides is 1. The zero-order chi connectivity index (χ0) is 15.2. The second-order valence-corrected chi connectivity index (χ2v) is 5.64. The van der Waals surface area contributed by atoms with Gasteiger partial charge in [0.25, 0.3) is 0 Å².